The zero-order chi connectivity index (χ0) is 22.0. The average molecular weight is 411 g/mol. The van der Waals surface area contributed by atoms with Gasteiger partial charge in [0.05, 0.1) is 25.7 Å². The Balaban J connectivity index is 1.91. The summed E-state index contributed by atoms with van der Waals surface area (Å²) in [7, 11) is 3.24. The second-order valence-electron chi connectivity index (χ2n) is 7.78. The predicted octanol–water partition coefficient (Wildman–Crippen LogP) is 4.88. The standard InChI is InChI=1S/C25H34N2O3/c1-19(2)25(18-26,21-11-12-23(28-4)24(17-21)29-5)13-8-14-27-15-16-30-22-10-7-6-9-20(22)3/h6-7,9-12,17,19,27H,8,13-16H2,1-5H3. The molecule has 1 unspecified atom stereocenters. The van der Waals surface area contributed by atoms with Crippen LogP contribution in [0, 0.1) is 24.2 Å². The molecule has 2 aromatic carbocycles. The molecule has 5 heteroatoms. The minimum Gasteiger partial charge on any atom is -0.493 e. The van der Waals surface area contributed by atoms with Crippen molar-refractivity contribution in [3.05, 3.63) is 53.6 Å². The van der Waals surface area contributed by atoms with Gasteiger partial charge >= 0.3 is 0 Å². The fraction of sp³-hybridized carbons (Fsp3) is 0.480. The first kappa shape index (κ1) is 23.6. The van der Waals surface area contributed by atoms with Crippen LogP contribution in [0.4, 0.5) is 0 Å². The molecule has 0 aromatic heterocycles. The highest BCUT2D eigenvalue weighted by Gasteiger charge is 2.36. The summed E-state index contributed by atoms with van der Waals surface area (Å²) >= 11 is 0. The minimum absolute atomic E-state index is 0.171. The number of hydrogen-bond acceptors (Lipinski definition) is 5. The number of para-hydroxylation sites is 1. The van der Waals surface area contributed by atoms with Crippen LogP contribution < -0.4 is 19.5 Å². The fourth-order valence-electron chi connectivity index (χ4n) is 3.70. The molecule has 0 aliphatic rings. The topological polar surface area (TPSA) is 63.5 Å². The molecule has 0 saturated heterocycles. The van der Waals surface area contributed by atoms with E-state index in [1.807, 2.05) is 49.4 Å². The quantitative estimate of drug-likeness (QED) is 0.505. The van der Waals surface area contributed by atoms with Crippen LogP contribution in [-0.2, 0) is 5.41 Å². The molecule has 2 rings (SSSR count). The Labute approximate surface area is 181 Å². The molecule has 0 saturated carbocycles. The van der Waals surface area contributed by atoms with E-state index in [0.717, 1.165) is 42.8 Å². The van der Waals surface area contributed by atoms with E-state index in [0.29, 0.717) is 18.1 Å². The summed E-state index contributed by atoms with van der Waals surface area (Å²) in [5.74, 6) is 2.43. The lowest BCUT2D eigenvalue weighted by Gasteiger charge is -2.32. The highest BCUT2D eigenvalue weighted by atomic mass is 16.5. The monoisotopic (exact) mass is 410 g/mol. The van der Waals surface area contributed by atoms with E-state index in [-0.39, 0.29) is 5.92 Å². The van der Waals surface area contributed by atoms with Crippen molar-refractivity contribution in [3.63, 3.8) is 0 Å². The van der Waals surface area contributed by atoms with Gasteiger partial charge in [0.15, 0.2) is 11.5 Å². The van der Waals surface area contributed by atoms with Gasteiger partial charge in [-0.25, -0.2) is 0 Å². The third-order valence-electron chi connectivity index (χ3n) is 5.64. The number of nitriles is 1. The van der Waals surface area contributed by atoms with Gasteiger partial charge in [0.25, 0.3) is 0 Å². The van der Waals surface area contributed by atoms with Gasteiger partial charge in [-0.3, -0.25) is 0 Å². The van der Waals surface area contributed by atoms with Crippen LogP contribution in [0.2, 0.25) is 0 Å². The van der Waals surface area contributed by atoms with Gasteiger partial charge in [-0.1, -0.05) is 38.1 Å². The molecule has 1 N–H and O–H groups in total. The first-order chi connectivity index (χ1) is 14.5. The van der Waals surface area contributed by atoms with Gasteiger partial charge in [-0.05, 0) is 61.6 Å². The van der Waals surface area contributed by atoms with E-state index >= 15 is 0 Å². The van der Waals surface area contributed by atoms with Gasteiger partial charge < -0.3 is 19.5 Å². The molecule has 0 bridgehead atoms. The Morgan fingerprint density at radius 3 is 2.37 bits per heavy atom. The van der Waals surface area contributed by atoms with Crippen LogP contribution >= 0.6 is 0 Å². The highest BCUT2D eigenvalue weighted by molar-refractivity contribution is 5.47. The maximum atomic E-state index is 10.1. The number of aryl methyl sites for hydroxylation is 1. The Hall–Kier alpha value is -2.71. The summed E-state index contributed by atoms with van der Waals surface area (Å²) in [4.78, 5) is 0. The summed E-state index contributed by atoms with van der Waals surface area (Å²) < 4.78 is 16.6. The smallest absolute Gasteiger partial charge is 0.161 e. The van der Waals surface area contributed by atoms with Crippen molar-refractivity contribution in [2.75, 3.05) is 33.9 Å². The average Bonchev–Trinajstić information content (AvgIpc) is 2.76. The lowest BCUT2D eigenvalue weighted by atomic mass is 9.70. The van der Waals surface area contributed by atoms with Gasteiger partial charge in [-0.2, -0.15) is 5.26 Å². The van der Waals surface area contributed by atoms with Crippen molar-refractivity contribution in [3.8, 4) is 23.3 Å². The zero-order valence-corrected chi connectivity index (χ0v) is 18.8. The molecule has 0 fully saturated rings. The fourth-order valence-corrected chi connectivity index (χ4v) is 3.70. The molecule has 162 valence electrons. The van der Waals surface area contributed by atoms with Crippen LogP contribution in [0.3, 0.4) is 0 Å². The molecule has 0 heterocycles. The van der Waals surface area contributed by atoms with Crippen molar-refractivity contribution < 1.29 is 14.2 Å². The van der Waals surface area contributed by atoms with Gasteiger partial charge in [0.1, 0.15) is 12.4 Å². The molecule has 0 radical (unpaired) electrons. The van der Waals surface area contributed by atoms with E-state index in [4.69, 9.17) is 14.2 Å². The predicted molar refractivity (Wildman–Crippen MR) is 120 cm³/mol. The van der Waals surface area contributed by atoms with E-state index in [1.165, 1.54) is 0 Å². The van der Waals surface area contributed by atoms with Crippen LogP contribution in [0.25, 0.3) is 0 Å². The summed E-state index contributed by atoms with van der Waals surface area (Å²) in [6.45, 7) is 8.47. The number of nitrogens with zero attached hydrogens (tertiary/aromatic N) is 1. The first-order valence-corrected chi connectivity index (χ1v) is 10.5. The summed E-state index contributed by atoms with van der Waals surface area (Å²) in [6, 6.07) is 16.4. The molecule has 30 heavy (non-hydrogen) atoms. The Morgan fingerprint density at radius 1 is 1.00 bits per heavy atom. The van der Waals surface area contributed by atoms with E-state index < -0.39 is 5.41 Å². The molecule has 0 amide bonds. The minimum atomic E-state index is -0.571. The molecule has 1 atom stereocenters. The maximum absolute atomic E-state index is 10.1. The van der Waals surface area contributed by atoms with Crippen LogP contribution in [-0.4, -0.2) is 33.9 Å². The van der Waals surface area contributed by atoms with Gasteiger partial charge in [0.2, 0.25) is 0 Å². The number of ether oxygens (including phenoxy) is 3. The van der Waals surface area contributed by atoms with Crippen LogP contribution in [0.1, 0.15) is 37.8 Å². The van der Waals surface area contributed by atoms with Crippen molar-refractivity contribution in [2.45, 2.75) is 39.0 Å². The summed E-state index contributed by atoms with van der Waals surface area (Å²) in [6.07, 6.45) is 1.66. The van der Waals surface area contributed by atoms with Gasteiger partial charge in [0, 0.05) is 6.54 Å². The molecule has 0 aliphatic carbocycles. The lowest BCUT2D eigenvalue weighted by molar-refractivity contribution is 0.307. The Bertz CT molecular complexity index is 845. The SMILES string of the molecule is COc1ccc(C(C#N)(CCCNCCOc2ccccc2C)C(C)C)cc1OC. The molecule has 0 aliphatic heterocycles. The molecule has 0 spiro atoms. The number of rotatable bonds is 12. The normalized spacial score (nSPS) is 12.8. The van der Waals surface area contributed by atoms with Gasteiger partial charge in [-0.15, -0.1) is 0 Å². The number of nitrogens with one attached hydrogen (secondary N) is 1. The van der Waals surface area contributed by atoms with Crippen LogP contribution in [0.5, 0.6) is 17.2 Å². The highest BCUT2D eigenvalue weighted by Crippen LogP contribution is 2.40. The summed E-state index contributed by atoms with van der Waals surface area (Å²) in [5, 5.41) is 13.5. The van der Waals surface area contributed by atoms with Crippen molar-refractivity contribution in [1.82, 2.24) is 5.32 Å². The molecule has 5 nitrogen and oxygen atoms in total. The third kappa shape index (κ3) is 5.67. The number of methoxy groups -OCH3 is 2. The molecule has 2 aromatic rings. The summed E-state index contributed by atoms with van der Waals surface area (Å²) in [5.41, 5.74) is 1.54. The van der Waals surface area contributed by atoms with Crippen molar-refractivity contribution in [1.29, 1.82) is 5.26 Å². The van der Waals surface area contributed by atoms with E-state index in [1.54, 1.807) is 14.2 Å². The molecular formula is C25H34N2O3. The second-order valence-corrected chi connectivity index (χ2v) is 7.78. The second kappa shape index (κ2) is 11.5. The van der Waals surface area contributed by atoms with Crippen molar-refractivity contribution >= 4 is 0 Å². The van der Waals surface area contributed by atoms with Crippen LogP contribution in [0.15, 0.2) is 42.5 Å². The van der Waals surface area contributed by atoms with E-state index in [2.05, 4.69) is 25.2 Å². The van der Waals surface area contributed by atoms with Crippen molar-refractivity contribution in [2.24, 2.45) is 5.92 Å². The Kier molecular flexibility index (Phi) is 9.01. The largest absolute Gasteiger partial charge is 0.493 e. The molecular weight excluding hydrogens is 376 g/mol. The third-order valence-corrected chi connectivity index (χ3v) is 5.64. The first-order valence-electron chi connectivity index (χ1n) is 10.5. The Morgan fingerprint density at radius 2 is 1.73 bits per heavy atom. The zero-order valence-electron chi connectivity index (χ0n) is 18.8. The number of benzene rings is 2. The van der Waals surface area contributed by atoms with E-state index in [9.17, 15) is 5.26 Å². The number of hydrogen-bond donors (Lipinski definition) is 1. The maximum Gasteiger partial charge on any atom is 0.161 e. The lowest BCUT2D eigenvalue weighted by Crippen LogP contribution is -2.32.